The predicted molar refractivity (Wildman–Crippen MR) is 146 cm³/mol. The summed E-state index contributed by atoms with van der Waals surface area (Å²) in [4.78, 5) is 25.1. The van der Waals surface area contributed by atoms with E-state index in [1.807, 2.05) is 41.6 Å². The van der Waals surface area contributed by atoms with Crippen molar-refractivity contribution in [3.8, 4) is 0 Å². The minimum atomic E-state index is -0.143. The molecule has 0 bridgehead atoms. The highest BCUT2D eigenvalue weighted by atomic mass is 16.5. The molecule has 7 heteroatoms. The summed E-state index contributed by atoms with van der Waals surface area (Å²) in [6.45, 7) is 5.69. The van der Waals surface area contributed by atoms with E-state index < -0.39 is 0 Å². The zero-order valence-corrected chi connectivity index (χ0v) is 21.9. The Kier molecular flexibility index (Phi) is 10.1. The molecule has 1 saturated heterocycles. The third-order valence-corrected chi connectivity index (χ3v) is 7.04. The lowest BCUT2D eigenvalue weighted by atomic mass is 9.82. The molecule has 1 fully saturated rings. The summed E-state index contributed by atoms with van der Waals surface area (Å²) in [7, 11) is 0. The van der Waals surface area contributed by atoms with Crippen LogP contribution in [0.2, 0.25) is 0 Å². The van der Waals surface area contributed by atoms with Gasteiger partial charge in [-0.25, -0.2) is 0 Å². The number of aryl methyl sites for hydroxylation is 1. The number of rotatable bonds is 11. The number of nitrogens with one attached hydrogen (secondary N) is 1. The molecule has 198 valence electrons. The second-order valence-corrected chi connectivity index (χ2v) is 9.96. The van der Waals surface area contributed by atoms with Crippen molar-refractivity contribution in [1.82, 2.24) is 5.01 Å². The first-order valence-corrected chi connectivity index (χ1v) is 13.7. The number of benzene rings is 2. The van der Waals surface area contributed by atoms with Crippen LogP contribution in [-0.2, 0) is 27.1 Å². The van der Waals surface area contributed by atoms with Gasteiger partial charge >= 0.3 is 5.97 Å². The molecule has 1 heterocycles. The van der Waals surface area contributed by atoms with E-state index in [4.69, 9.17) is 9.47 Å². The first-order valence-electron chi connectivity index (χ1n) is 13.7. The average Bonchev–Trinajstić information content (AvgIpc) is 2.92. The predicted octanol–water partition coefficient (Wildman–Crippen LogP) is 5.22. The number of morpholine rings is 1. The molecule has 1 N–H and O–H groups in total. The molecule has 0 aromatic heterocycles. The van der Waals surface area contributed by atoms with Crippen LogP contribution >= 0.6 is 0 Å². The van der Waals surface area contributed by atoms with Crippen LogP contribution in [0.4, 0.5) is 5.69 Å². The van der Waals surface area contributed by atoms with Gasteiger partial charge in [0.15, 0.2) is 0 Å². The van der Waals surface area contributed by atoms with E-state index in [0.29, 0.717) is 31.8 Å². The van der Waals surface area contributed by atoms with Crippen molar-refractivity contribution in [2.24, 2.45) is 11.0 Å². The normalized spacial score (nSPS) is 17.4. The molecule has 7 nitrogen and oxygen atoms in total. The van der Waals surface area contributed by atoms with Crippen molar-refractivity contribution in [2.45, 2.75) is 58.3 Å². The van der Waals surface area contributed by atoms with Gasteiger partial charge in [-0.2, -0.15) is 5.10 Å². The molecular formula is C30H39N3O4. The quantitative estimate of drug-likeness (QED) is 0.257. The Bertz CT molecular complexity index is 1060. The Morgan fingerprint density at radius 3 is 2.68 bits per heavy atom. The van der Waals surface area contributed by atoms with Gasteiger partial charge in [-0.05, 0) is 72.6 Å². The van der Waals surface area contributed by atoms with Crippen LogP contribution in [0.5, 0.6) is 0 Å². The summed E-state index contributed by atoms with van der Waals surface area (Å²) in [5.74, 6) is 0.0525. The molecule has 2 aliphatic rings. The fourth-order valence-corrected chi connectivity index (χ4v) is 4.84. The van der Waals surface area contributed by atoms with Gasteiger partial charge in [-0.15, -0.1) is 0 Å². The maximum Gasteiger partial charge on any atom is 0.306 e. The molecule has 0 radical (unpaired) electrons. The molecule has 1 atom stereocenters. The molecule has 0 saturated carbocycles. The van der Waals surface area contributed by atoms with E-state index in [9.17, 15) is 9.59 Å². The van der Waals surface area contributed by atoms with E-state index in [-0.39, 0.29) is 17.8 Å². The van der Waals surface area contributed by atoms with Crippen LogP contribution in [0, 0.1) is 5.92 Å². The lowest BCUT2D eigenvalue weighted by molar-refractivity contribution is -0.145. The molecule has 2 aromatic rings. The zero-order valence-electron chi connectivity index (χ0n) is 21.9. The molecule has 4 rings (SSSR count). The summed E-state index contributed by atoms with van der Waals surface area (Å²) >= 11 is 0. The molecule has 0 spiro atoms. The largest absolute Gasteiger partial charge is 0.466 e. The monoisotopic (exact) mass is 505 g/mol. The molecule has 2 aromatic carbocycles. The number of anilines is 1. The highest BCUT2D eigenvalue weighted by Gasteiger charge is 2.22. The Morgan fingerprint density at radius 2 is 1.89 bits per heavy atom. The number of hydrazone groups is 1. The number of fused-ring (bicyclic) bond motifs is 1. The number of unbranched alkanes of at least 4 members (excludes halogenated alkanes) is 3. The number of amides is 1. The molecule has 37 heavy (non-hydrogen) atoms. The maximum absolute atomic E-state index is 12.8. The van der Waals surface area contributed by atoms with Gasteiger partial charge < -0.3 is 14.8 Å². The number of esters is 1. The SMILES string of the molecule is CCCCCCOC(=O)CC1CCc2ccc(NC(=O)c3ccc(C=NN4CCOCC4)cc3)cc2C1. The molecule has 1 aliphatic carbocycles. The van der Waals surface area contributed by atoms with E-state index in [1.54, 1.807) is 0 Å². The van der Waals surface area contributed by atoms with Crippen molar-refractivity contribution in [3.05, 3.63) is 64.7 Å². The smallest absolute Gasteiger partial charge is 0.306 e. The van der Waals surface area contributed by atoms with Crippen molar-refractivity contribution in [3.63, 3.8) is 0 Å². The second kappa shape index (κ2) is 13.9. The van der Waals surface area contributed by atoms with Gasteiger partial charge in [0.2, 0.25) is 0 Å². The number of ether oxygens (including phenoxy) is 2. The van der Waals surface area contributed by atoms with Gasteiger partial charge in [0.25, 0.3) is 5.91 Å². The highest BCUT2D eigenvalue weighted by molar-refractivity contribution is 6.04. The lowest BCUT2D eigenvalue weighted by Crippen LogP contribution is -2.32. The van der Waals surface area contributed by atoms with Crippen LogP contribution in [0.15, 0.2) is 47.6 Å². The molecule has 1 amide bonds. The standard InChI is InChI=1S/C30H39N3O4/c1-2-3-4-5-16-37-29(34)20-24-8-9-25-12-13-28(21-27(25)19-24)32-30(35)26-10-6-23(7-11-26)22-31-33-14-17-36-18-15-33/h6-7,10-13,21-22,24H,2-5,8-9,14-20H2,1H3,(H,32,35). The summed E-state index contributed by atoms with van der Waals surface area (Å²) < 4.78 is 10.8. The number of carbonyl (C=O) groups is 2. The van der Waals surface area contributed by atoms with E-state index >= 15 is 0 Å². The summed E-state index contributed by atoms with van der Waals surface area (Å²) in [6.07, 6.45) is 9.47. The summed E-state index contributed by atoms with van der Waals surface area (Å²) in [5, 5.41) is 9.50. The van der Waals surface area contributed by atoms with E-state index in [0.717, 1.165) is 56.4 Å². The van der Waals surface area contributed by atoms with Crippen molar-refractivity contribution in [1.29, 1.82) is 0 Å². The minimum Gasteiger partial charge on any atom is -0.466 e. The Labute approximate surface area is 220 Å². The maximum atomic E-state index is 12.8. The summed E-state index contributed by atoms with van der Waals surface area (Å²) in [6, 6.07) is 13.6. The van der Waals surface area contributed by atoms with Gasteiger partial charge in [0.05, 0.1) is 39.1 Å². The van der Waals surface area contributed by atoms with Gasteiger partial charge in [0, 0.05) is 17.7 Å². The molecule has 1 unspecified atom stereocenters. The first-order chi connectivity index (χ1) is 18.1. The molecular weight excluding hydrogens is 466 g/mol. The average molecular weight is 506 g/mol. The first kappa shape index (κ1) is 26.9. The van der Waals surface area contributed by atoms with Gasteiger partial charge in [0.1, 0.15) is 0 Å². The number of hydrogen-bond acceptors (Lipinski definition) is 6. The van der Waals surface area contributed by atoms with Crippen molar-refractivity contribution < 1.29 is 19.1 Å². The number of hydrogen-bond donors (Lipinski definition) is 1. The molecule has 1 aliphatic heterocycles. The summed E-state index contributed by atoms with van der Waals surface area (Å²) in [5.41, 5.74) is 4.83. The Morgan fingerprint density at radius 1 is 1.08 bits per heavy atom. The topological polar surface area (TPSA) is 80.2 Å². The second-order valence-electron chi connectivity index (χ2n) is 9.96. The van der Waals surface area contributed by atoms with Crippen LogP contribution < -0.4 is 5.32 Å². The van der Waals surface area contributed by atoms with Gasteiger partial charge in [-0.1, -0.05) is 44.4 Å². The van der Waals surface area contributed by atoms with Crippen molar-refractivity contribution >= 4 is 23.8 Å². The van der Waals surface area contributed by atoms with Crippen LogP contribution in [0.3, 0.4) is 0 Å². The third-order valence-electron chi connectivity index (χ3n) is 7.04. The fraction of sp³-hybridized carbons (Fsp3) is 0.500. The lowest BCUT2D eigenvalue weighted by Gasteiger charge is -2.24. The van der Waals surface area contributed by atoms with Gasteiger partial charge in [-0.3, -0.25) is 14.6 Å². The highest BCUT2D eigenvalue weighted by Crippen LogP contribution is 2.30. The van der Waals surface area contributed by atoms with Crippen LogP contribution in [0.25, 0.3) is 0 Å². The zero-order chi connectivity index (χ0) is 25.9. The minimum absolute atomic E-state index is 0.0900. The number of carbonyl (C=O) groups excluding carboxylic acids is 2. The van der Waals surface area contributed by atoms with E-state index in [1.165, 1.54) is 24.0 Å². The Balaban J connectivity index is 1.27. The Hall–Kier alpha value is -3.19. The fourth-order valence-electron chi connectivity index (χ4n) is 4.84. The number of nitrogens with zero attached hydrogens (tertiary/aromatic N) is 2. The van der Waals surface area contributed by atoms with Crippen molar-refractivity contribution in [2.75, 3.05) is 38.2 Å². The van der Waals surface area contributed by atoms with Crippen LogP contribution in [-0.4, -0.2) is 56.0 Å². The van der Waals surface area contributed by atoms with E-state index in [2.05, 4.69) is 29.5 Å². The van der Waals surface area contributed by atoms with Crippen LogP contribution in [0.1, 0.15) is 72.5 Å². The third kappa shape index (κ3) is 8.42.